The fraction of sp³-hybridized carbons (Fsp3) is 0.0667. The molecule has 1 amide bonds. The smallest absolute Gasteiger partial charge is 0.267 e. The second kappa shape index (κ2) is 7.06. The number of halogens is 1. The van der Waals surface area contributed by atoms with Gasteiger partial charge >= 0.3 is 0 Å². The normalized spacial score (nSPS) is 12.4. The van der Waals surface area contributed by atoms with Gasteiger partial charge in [-0.2, -0.15) is 5.10 Å². The highest BCUT2D eigenvalue weighted by molar-refractivity contribution is 6.02. The van der Waals surface area contributed by atoms with E-state index < -0.39 is 5.83 Å². The summed E-state index contributed by atoms with van der Waals surface area (Å²) in [4.78, 5) is 11.7. The van der Waals surface area contributed by atoms with Gasteiger partial charge in [0.05, 0.1) is 5.71 Å². The molecule has 0 atom stereocenters. The van der Waals surface area contributed by atoms with Crippen LogP contribution in [0.15, 0.2) is 72.1 Å². The molecule has 0 spiro atoms. The Balaban J connectivity index is 0.00000361. The van der Waals surface area contributed by atoms with Crippen molar-refractivity contribution < 1.29 is 10.6 Å². The van der Waals surface area contributed by atoms with E-state index in [1.165, 1.54) is 6.08 Å². The lowest BCUT2D eigenvalue weighted by molar-refractivity contribution is 0.0955. The molecule has 0 aliphatic rings. The van der Waals surface area contributed by atoms with Gasteiger partial charge in [-0.25, -0.2) is 9.82 Å². The van der Waals surface area contributed by atoms with Gasteiger partial charge < -0.3 is 0 Å². The first kappa shape index (κ1) is 14.6. The van der Waals surface area contributed by atoms with Gasteiger partial charge in [0.2, 0.25) is 0 Å². The van der Waals surface area contributed by atoms with E-state index in [0.29, 0.717) is 11.3 Å². The Morgan fingerprint density at radius 1 is 1.32 bits per heavy atom. The number of amides is 1. The summed E-state index contributed by atoms with van der Waals surface area (Å²) in [6, 6.07) is 8.63. The molecule has 1 aromatic carbocycles. The lowest BCUT2D eigenvalue weighted by atomic mass is 10.1. The molecule has 1 aromatic rings. The van der Waals surface area contributed by atoms with E-state index in [0.717, 1.165) is 6.08 Å². The van der Waals surface area contributed by atoms with Crippen LogP contribution in [0.3, 0.4) is 0 Å². The first-order chi connectivity index (χ1) is 9.10. The Hall–Kier alpha value is -2.49. The second-order valence-electron chi connectivity index (χ2n) is 3.67. The highest BCUT2D eigenvalue weighted by Crippen LogP contribution is 2.10. The van der Waals surface area contributed by atoms with E-state index in [4.69, 9.17) is 0 Å². The lowest BCUT2D eigenvalue weighted by Crippen LogP contribution is -2.19. The van der Waals surface area contributed by atoms with Gasteiger partial charge in [-0.15, -0.1) is 0 Å². The molecular weight excluding hydrogens is 243 g/mol. The van der Waals surface area contributed by atoms with Crippen molar-refractivity contribution in [3.63, 3.8) is 0 Å². The Kier molecular flexibility index (Phi) is 5.41. The van der Waals surface area contributed by atoms with Crippen LogP contribution in [-0.2, 0) is 0 Å². The molecule has 0 saturated heterocycles. The van der Waals surface area contributed by atoms with E-state index in [2.05, 4.69) is 23.7 Å². The minimum absolute atomic E-state index is 0. The molecule has 0 bridgehead atoms. The third-order valence-electron chi connectivity index (χ3n) is 2.39. The van der Waals surface area contributed by atoms with E-state index in [1.807, 2.05) is 6.07 Å². The van der Waals surface area contributed by atoms with Gasteiger partial charge in [-0.1, -0.05) is 37.4 Å². The maximum atomic E-state index is 13.4. The summed E-state index contributed by atoms with van der Waals surface area (Å²) in [7, 11) is 0. The molecule has 0 aliphatic carbocycles. The van der Waals surface area contributed by atoms with Crippen molar-refractivity contribution >= 4 is 11.6 Å². The molecule has 100 valence electrons. The topological polar surface area (TPSA) is 41.5 Å². The largest absolute Gasteiger partial charge is 0.271 e. The average molecular weight is 260 g/mol. The van der Waals surface area contributed by atoms with Crippen molar-refractivity contribution in [3.8, 4) is 0 Å². The van der Waals surface area contributed by atoms with Crippen LogP contribution in [0.1, 0.15) is 18.7 Å². The quantitative estimate of drug-likeness (QED) is 0.490. The number of benzene rings is 1. The van der Waals surface area contributed by atoms with Crippen LogP contribution in [0, 0.1) is 0 Å². The maximum absolute atomic E-state index is 13.4. The van der Waals surface area contributed by atoms with Crippen LogP contribution in [-0.4, -0.2) is 11.6 Å². The van der Waals surface area contributed by atoms with E-state index >= 15 is 0 Å². The van der Waals surface area contributed by atoms with Crippen LogP contribution in [0.25, 0.3) is 0 Å². The van der Waals surface area contributed by atoms with Crippen LogP contribution < -0.4 is 5.43 Å². The number of hydrogen-bond acceptors (Lipinski definition) is 2. The standard InChI is InChI=1S/C15H15FN2O.H2/c1-4-13(14(16)5-2)11(3)17-18-15(19)12-9-7-6-8-10-12;/h4-10H,1-2H2,3H3,(H,18,19);1H/b14-13-,17-11+;. The van der Waals surface area contributed by atoms with Crippen LogP contribution >= 0.6 is 0 Å². The fourth-order valence-corrected chi connectivity index (χ4v) is 1.38. The number of hydrogen-bond donors (Lipinski definition) is 1. The maximum Gasteiger partial charge on any atom is 0.271 e. The molecule has 19 heavy (non-hydrogen) atoms. The van der Waals surface area contributed by atoms with Gasteiger partial charge in [0.15, 0.2) is 0 Å². The van der Waals surface area contributed by atoms with Crippen LogP contribution in [0.2, 0.25) is 0 Å². The van der Waals surface area contributed by atoms with E-state index in [-0.39, 0.29) is 12.9 Å². The Bertz CT molecular complexity index is 550. The number of nitrogens with one attached hydrogen (secondary N) is 1. The Labute approximate surface area is 113 Å². The van der Waals surface area contributed by atoms with Crippen LogP contribution in [0.4, 0.5) is 4.39 Å². The van der Waals surface area contributed by atoms with Crippen molar-refractivity contribution in [3.05, 3.63) is 72.6 Å². The summed E-state index contributed by atoms with van der Waals surface area (Å²) in [6.07, 6.45) is 2.39. The third kappa shape index (κ3) is 4.03. The predicted octanol–water partition coefficient (Wildman–Crippen LogP) is 3.63. The summed E-state index contributed by atoms with van der Waals surface area (Å²) in [5, 5.41) is 3.84. The molecule has 0 aliphatic heterocycles. The predicted molar refractivity (Wildman–Crippen MR) is 77.7 cm³/mol. The van der Waals surface area contributed by atoms with Gasteiger partial charge in [0.1, 0.15) is 5.83 Å². The summed E-state index contributed by atoms with van der Waals surface area (Å²) in [5.41, 5.74) is 3.35. The minimum Gasteiger partial charge on any atom is -0.267 e. The lowest BCUT2D eigenvalue weighted by Gasteiger charge is -2.04. The first-order valence-electron chi connectivity index (χ1n) is 5.64. The van der Waals surface area contributed by atoms with Crippen molar-refractivity contribution in [2.75, 3.05) is 0 Å². The highest BCUT2D eigenvalue weighted by Gasteiger charge is 2.06. The van der Waals surface area contributed by atoms with Crippen molar-refractivity contribution in [2.24, 2.45) is 5.10 Å². The van der Waals surface area contributed by atoms with Gasteiger partial charge in [-0.3, -0.25) is 4.79 Å². The highest BCUT2D eigenvalue weighted by atomic mass is 19.1. The van der Waals surface area contributed by atoms with Crippen molar-refractivity contribution in [1.29, 1.82) is 0 Å². The van der Waals surface area contributed by atoms with E-state index in [1.54, 1.807) is 31.2 Å². The SMILES string of the molecule is C=C/C(F)=C(C=C)/C(C)=N/NC(=O)c1ccccc1.[HH]. The van der Waals surface area contributed by atoms with Gasteiger partial charge in [0.25, 0.3) is 5.91 Å². The number of rotatable bonds is 5. The Morgan fingerprint density at radius 3 is 2.47 bits per heavy atom. The fourth-order valence-electron chi connectivity index (χ4n) is 1.38. The summed E-state index contributed by atoms with van der Waals surface area (Å²) >= 11 is 0. The van der Waals surface area contributed by atoms with Crippen molar-refractivity contribution in [2.45, 2.75) is 6.92 Å². The molecule has 0 unspecified atom stereocenters. The molecule has 0 heterocycles. The molecule has 0 radical (unpaired) electrons. The molecule has 1 N–H and O–H groups in total. The van der Waals surface area contributed by atoms with Crippen molar-refractivity contribution in [1.82, 2.24) is 5.43 Å². The number of carbonyl (C=O) groups is 1. The molecule has 0 fully saturated rings. The summed E-state index contributed by atoms with van der Waals surface area (Å²) in [6.45, 7) is 8.40. The zero-order chi connectivity index (χ0) is 14.3. The number of hydrazone groups is 1. The second-order valence-corrected chi connectivity index (χ2v) is 3.67. The molecule has 4 heteroatoms. The van der Waals surface area contributed by atoms with Gasteiger partial charge in [-0.05, 0) is 25.1 Å². The molecule has 0 saturated carbocycles. The monoisotopic (exact) mass is 260 g/mol. The summed E-state index contributed by atoms with van der Waals surface area (Å²) < 4.78 is 13.4. The summed E-state index contributed by atoms with van der Waals surface area (Å²) in [5.74, 6) is -0.896. The van der Waals surface area contributed by atoms with Crippen LogP contribution in [0.5, 0.6) is 0 Å². The molecule has 0 aromatic heterocycles. The zero-order valence-corrected chi connectivity index (χ0v) is 10.7. The third-order valence-corrected chi connectivity index (χ3v) is 2.39. The number of nitrogens with zero attached hydrogens (tertiary/aromatic N) is 1. The van der Waals surface area contributed by atoms with Gasteiger partial charge in [0, 0.05) is 12.6 Å². The Morgan fingerprint density at radius 2 is 1.95 bits per heavy atom. The number of allylic oxidation sites excluding steroid dienone is 4. The zero-order valence-electron chi connectivity index (χ0n) is 10.7. The minimum atomic E-state index is -0.537. The molecular formula is C15H17FN2O. The van der Waals surface area contributed by atoms with E-state index in [9.17, 15) is 9.18 Å². The molecule has 3 nitrogen and oxygen atoms in total. The first-order valence-corrected chi connectivity index (χ1v) is 5.64. The number of carbonyl (C=O) groups excluding carboxylic acids is 1. The molecule has 1 rings (SSSR count). The average Bonchev–Trinajstić information content (AvgIpc) is 2.46.